The maximum Gasteiger partial charge on any atom is 0.127 e. The smallest absolute Gasteiger partial charge is 0.127 e. The molecule has 1 unspecified atom stereocenters. The minimum Gasteiger partial charge on any atom is -0.320 e. The summed E-state index contributed by atoms with van der Waals surface area (Å²) in [5.74, 6) is -0.312. The summed E-state index contributed by atoms with van der Waals surface area (Å²) in [6.45, 7) is 3.70. The van der Waals surface area contributed by atoms with E-state index in [4.69, 9.17) is 17.3 Å². The highest BCUT2D eigenvalue weighted by atomic mass is 79.9. The van der Waals surface area contributed by atoms with Crippen LogP contribution >= 0.6 is 27.5 Å². The van der Waals surface area contributed by atoms with E-state index in [1.54, 1.807) is 13.0 Å². The molecule has 100 valence electrons. The topological polar surface area (TPSA) is 26.0 Å². The van der Waals surface area contributed by atoms with Gasteiger partial charge in [-0.2, -0.15) is 0 Å². The predicted octanol–water partition coefficient (Wildman–Crippen LogP) is 4.91. The molecule has 0 aromatic heterocycles. The maximum absolute atomic E-state index is 13.4. The van der Waals surface area contributed by atoms with Crippen molar-refractivity contribution >= 4 is 27.5 Å². The third-order valence-corrected chi connectivity index (χ3v) is 4.37. The van der Waals surface area contributed by atoms with Crippen LogP contribution in [0.2, 0.25) is 5.02 Å². The molecule has 2 rings (SSSR count). The molecule has 0 aliphatic heterocycles. The van der Waals surface area contributed by atoms with E-state index in [-0.39, 0.29) is 11.9 Å². The van der Waals surface area contributed by atoms with Crippen LogP contribution in [0.4, 0.5) is 4.39 Å². The zero-order valence-corrected chi connectivity index (χ0v) is 13.0. The first-order valence-electron chi connectivity index (χ1n) is 5.87. The summed E-state index contributed by atoms with van der Waals surface area (Å²) in [5, 5.41) is 0.358. The van der Waals surface area contributed by atoms with E-state index in [1.165, 1.54) is 6.07 Å². The molecule has 0 saturated heterocycles. The number of rotatable bonds is 2. The molecule has 0 fully saturated rings. The van der Waals surface area contributed by atoms with E-state index in [2.05, 4.69) is 15.9 Å². The fourth-order valence-corrected chi connectivity index (χ4v) is 2.47. The molecule has 1 nitrogen and oxygen atoms in total. The van der Waals surface area contributed by atoms with Crippen molar-refractivity contribution in [2.24, 2.45) is 5.73 Å². The van der Waals surface area contributed by atoms with Crippen LogP contribution in [0, 0.1) is 19.7 Å². The molecular formula is C15H14BrClFN. The highest BCUT2D eigenvalue weighted by Crippen LogP contribution is 2.30. The standard InChI is InChI=1S/C15H14BrClFN/c1-8-5-10(3-4-12(8)16)15(19)11-6-9(2)14(18)7-13(11)17/h3-7,15H,19H2,1-2H3. The van der Waals surface area contributed by atoms with E-state index < -0.39 is 0 Å². The van der Waals surface area contributed by atoms with Crippen molar-refractivity contribution in [1.82, 2.24) is 0 Å². The first-order chi connectivity index (χ1) is 8.90. The number of aryl methyl sites for hydroxylation is 2. The number of hydrogen-bond acceptors (Lipinski definition) is 1. The van der Waals surface area contributed by atoms with E-state index in [0.29, 0.717) is 10.6 Å². The first kappa shape index (κ1) is 14.5. The first-order valence-corrected chi connectivity index (χ1v) is 7.04. The zero-order chi connectivity index (χ0) is 14.2. The molecule has 0 heterocycles. The van der Waals surface area contributed by atoms with Crippen LogP contribution in [0.25, 0.3) is 0 Å². The van der Waals surface area contributed by atoms with Crippen LogP contribution in [-0.4, -0.2) is 0 Å². The molecule has 1 atom stereocenters. The molecule has 2 aromatic rings. The lowest BCUT2D eigenvalue weighted by molar-refractivity contribution is 0.617. The largest absolute Gasteiger partial charge is 0.320 e. The number of halogens is 3. The quantitative estimate of drug-likeness (QED) is 0.825. The Kier molecular flexibility index (Phi) is 4.29. The molecule has 0 aliphatic rings. The van der Waals surface area contributed by atoms with Gasteiger partial charge in [-0.05, 0) is 54.3 Å². The summed E-state index contributed by atoms with van der Waals surface area (Å²) in [6, 6.07) is 8.56. The second kappa shape index (κ2) is 5.61. The molecule has 0 amide bonds. The highest BCUT2D eigenvalue weighted by Gasteiger charge is 2.15. The molecule has 0 aliphatic carbocycles. The second-order valence-electron chi connectivity index (χ2n) is 4.61. The van der Waals surface area contributed by atoms with Crippen molar-refractivity contribution in [3.63, 3.8) is 0 Å². The average Bonchev–Trinajstić information content (AvgIpc) is 2.36. The lowest BCUT2D eigenvalue weighted by atomic mass is 9.97. The Labute approximate surface area is 125 Å². The Bertz CT molecular complexity index is 628. The molecule has 0 bridgehead atoms. The number of benzene rings is 2. The van der Waals surface area contributed by atoms with Crippen molar-refractivity contribution < 1.29 is 4.39 Å². The fraction of sp³-hybridized carbons (Fsp3) is 0.200. The van der Waals surface area contributed by atoms with Crippen molar-refractivity contribution in [3.8, 4) is 0 Å². The van der Waals surface area contributed by atoms with E-state index in [1.807, 2.05) is 25.1 Å². The van der Waals surface area contributed by atoms with Gasteiger partial charge in [0.05, 0.1) is 6.04 Å². The Hall–Kier alpha value is -0.900. The number of hydrogen-bond donors (Lipinski definition) is 1. The van der Waals surface area contributed by atoms with Gasteiger partial charge >= 0.3 is 0 Å². The molecule has 0 spiro atoms. The fourth-order valence-electron chi connectivity index (χ4n) is 1.96. The zero-order valence-electron chi connectivity index (χ0n) is 10.7. The van der Waals surface area contributed by atoms with Gasteiger partial charge in [-0.15, -0.1) is 0 Å². The van der Waals surface area contributed by atoms with E-state index in [0.717, 1.165) is 21.2 Å². The molecule has 19 heavy (non-hydrogen) atoms. The molecule has 2 aromatic carbocycles. The van der Waals surface area contributed by atoms with Gasteiger partial charge < -0.3 is 5.73 Å². The van der Waals surface area contributed by atoms with Crippen molar-refractivity contribution in [1.29, 1.82) is 0 Å². The Morgan fingerprint density at radius 1 is 1.16 bits per heavy atom. The molecule has 0 saturated carbocycles. The monoisotopic (exact) mass is 341 g/mol. The molecule has 2 N–H and O–H groups in total. The minimum absolute atomic E-state index is 0.312. The van der Waals surface area contributed by atoms with Crippen LogP contribution in [0.5, 0.6) is 0 Å². The Balaban J connectivity index is 2.46. The molecular weight excluding hydrogens is 329 g/mol. The van der Waals surface area contributed by atoms with Crippen molar-refractivity contribution in [2.75, 3.05) is 0 Å². The van der Waals surface area contributed by atoms with Crippen molar-refractivity contribution in [3.05, 3.63) is 67.9 Å². The van der Waals surface area contributed by atoms with Crippen molar-refractivity contribution in [2.45, 2.75) is 19.9 Å². The summed E-state index contributed by atoms with van der Waals surface area (Å²) < 4.78 is 14.4. The number of nitrogens with two attached hydrogens (primary N) is 1. The Morgan fingerprint density at radius 3 is 2.47 bits per heavy atom. The van der Waals surface area contributed by atoms with Crippen LogP contribution in [0.15, 0.2) is 34.8 Å². The maximum atomic E-state index is 13.4. The summed E-state index contributed by atoms with van der Waals surface area (Å²) in [7, 11) is 0. The SMILES string of the molecule is Cc1cc(C(N)c2ccc(Br)c(C)c2)c(Cl)cc1F. The van der Waals surface area contributed by atoms with Gasteiger partial charge in [-0.1, -0.05) is 39.7 Å². The van der Waals surface area contributed by atoms with Gasteiger partial charge in [-0.3, -0.25) is 0 Å². The van der Waals surface area contributed by atoms with Gasteiger partial charge in [0.25, 0.3) is 0 Å². The third-order valence-electron chi connectivity index (χ3n) is 3.15. The lowest BCUT2D eigenvalue weighted by Crippen LogP contribution is -2.13. The average molecular weight is 343 g/mol. The molecule has 0 radical (unpaired) electrons. The summed E-state index contributed by atoms with van der Waals surface area (Å²) in [5.41, 5.74) is 9.57. The van der Waals surface area contributed by atoms with Crippen LogP contribution < -0.4 is 5.73 Å². The van der Waals surface area contributed by atoms with Crippen LogP contribution in [-0.2, 0) is 0 Å². The normalized spacial score (nSPS) is 12.5. The Morgan fingerprint density at radius 2 is 1.84 bits per heavy atom. The summed E-state index contributed by atoms with van der Waals surface area (Å²) in [4.78, 5) is 0. The predicted molar refractivity (Wildman–Crippen MR) is 81.1 cm³/mol. The van der Waals surface area contributed by atoms with Crippen LogP contribution in [0.1, 0.15) is 28.3 Å². The van der Waals surface area contributed by atoms with E-state index in [9.17, 15) is 4.39 Å². The van der Waals surface area contributed by atoms with Crippen LogP contribution in [0.3, 0.4) is 0 Å². The summed E-state index contributed by atoms with van der Waals surface area (Å²) in [6.07, 6.45) is 0. The third kappa shape index (κ3) is 2.99. The van der Waals surface area contributed by atoms with E-state index >= 15 is 0 Å². The van der Waals surface area contributed by atoms with Gasteiger partial charge in [-0.25, -0.2) is 4.39 Å². The summed E-state index contributed by atoms with van der Waals surface area (Å²) >= 11 is 9.54. The highest BCUT2D eigenvalue weighted by molar-refractivity contribution is 9.10. The van der Waals surface area contributed by atoms with Gasteiger partial charge in [0.1, 0.15) is 5.82 Å². The van der Waals surface area contributed by atoms with Gasteiger partial charge in [0, 0.05) is 9.50 Å². The molecule has 4 heteroatoms. The minimum atomic E-state index is -0.362. The van der Waals surface area contributed by atoms with Gasteiger partial charge in [0.2, 0.25) is 0 Å². The lowest BCUT2D eigenvalue weighted by Gasteiger charge is -2.16. The second-order valence-corrected chi connectivity index (χ2v) is 5.87. The van der Waals surface area contributed by atoms with Gasteiger partial charge in [0.15, 0.2) is 0 Å².